The molecular formula is C16H26N2O. The topological polar surface area (TPSA) is 34.2 Å². The Hall–Kier alpha value is -1.09. The summed E-state index contributed by atoms with van der Waals surface area (Å²) in [6.45, 7) is 5.52. The summed E-state index contributed by atoms with van der Waals surface area (Å²) in [6.07, 6.45) is 8.43. The van der Waals surface area contributed by atoms with Gasteiger partial charge < -0.3 is 10.1 Å². The zero-order valence-corrected chi connectivity index (χ0v) is 12.4. The summed E-state index contributed by atoms with van der Waals surface area (Å²) in [4.78, 5) is 4.60. The average Bonchev–Trinajstić information content (AvgIpc) is 2.45. The first kappa shape index (κ1) is 14.3. The van der Waals surface area contributed by atoms with E-state index in [9.17, 15) is 0 Å². The SMILES string of the molecule is CCNC(c1ncccc1OC)C1(C)CCCCC1. The second-order valence-electron chi connectivity index (χ2n) is 5.80. The number of hydrogen-bond acceptors (Lipinski definition) is 3. The number of ether oxygens (including phenoxy) is 1. The van der Waals surface area contributed by atoms with Gasteiger partial charge in [0.1, 0.15) is 5.75 Å². The van der Waals surface area contributed by atoms with Gasteiger partial charge in [0, 0.05) is 6.20 Å². The van der Waals surface area contributed by atoms with Crippen LogP contribution in [-0.4, -0.2) is 18.6 Å². The molecule has 0 spiro atoms. The molecular weight excluding hydrogens is 236 g/mol. The molecule has 1 aromatic rings. The van der Waals surface area contributed by atoms with E-state index in [4.69, 9.17) is 4.74 Å². The minimum absolute atomic E-state index is 0.286. The fourth-order valence-electron chi connectivity index (χ4n) is 3.32. The predicted octanol–water partition coefficient (Wildman–Crippen LogP) is 3.71. The molecule has 1 unspecified atom stereocenters. The Kier molecular flexibility index (Phi) is 4.81. The van der Waals surface area contributed by atoms with Crippen molar-refractivity contribution in [1.29, 1.82) is 0 Å². The lowest BCUT2D eigenvalue weighted by atomic mass is 9.69. The van der Waals surface area contributed by atoms with Crippen LogP contribution in [0, 0.1) is 5.41 Å². The molecule has 0 aromatic carbocycles. The number of nitrogens with zero attached hydrogens (tertiary/aromatic N) is 1. The fourth-order valence-corrected chi connectivity index (χ4v) is 3.32. The first-order valence-electron chi connectivity index (χ1n) is 7.43. The number of hydrogen-bond donors (Lipinski definition) is 1. The monoisotopic (exact) mass is 262 g/mol. The molecule has 106 valence electrons. The van der Waals surface area contributed by atoms with Crippen molar-refractivity contribution in [3.63, 3.8) is 0 Å². The molecule has 0 radical (unpaired) electrons. The summed E-state index contributed by atoms with van der Waals surface area (Å²) in [7, 11) is 1.73. The van der Waals surface area contributed by atoms with Crippen LogP contribution in [0.4, 0.5) is 0 Å². The first-order chi connectivity index (χ1) is 9.21. The Bertz CT molecular complexity index is 399. The van der Waals surface area contributed by atoms with Gasteiger partial charge in [0.25, 0.3) is 0 Å². The van der Waals surface area contributed by atoms with E-state index in [-0.39, 0.29) is 11.5 Å². The highest BCUT2D eigenvalue weighted by atomic mass is 16.5. The lowest BCUT2D eigenvalue weighted by Gasteiger charge is -2.41. The van der Waals surface area contributed by atoms with Gasteiger partial charge in [-0.15, -0.1) is 0 Å². The Balaban J connectivity index is 2.33. The number of aromatic nitrogens is 1. The van der Waals surface area contributed by atoms with Gasteiger partial charge >= 0.3 is 0 Å². The number of methoxy groups -OCH3 is 1. The molecule has 3 heteroatoms. The molecule has 19 heavy (non-hydrogen) atoms. The molecule has 1 aliphatic rings. The van der Waals surface area contributed by atoms with E-state index in [2.05, 4.69) is 24.1 Å². The van der Waals surface area contributed by atoms with Crippen LogP contribution in [0.1, 0.15) is 57.7 Å². The van der Waals surface area contributed by atoms with Crippen molar-refractivity contribution in [3.8, 4) is 5.75 Å². The van der Waals surface area contributed by atoms with Gasteiger partial charge in [0.15, 0.2) is 0 Å². The third-order valence-corrected chi connectivity index (χ3v) is 4.39. The minimum atomic E-state index is 0.286. The van der Waals surface area contributed by atoms with Crippen LogP contribution < -0.4 is 10.1 Å². The largest absolute Gasteiger partial charge is 0.495 e. The molecule has 0 bridgehead atoms. The van der Waals surface area contributed by atoms with E-state index in [1.165, 1.54) is 32.1 Å². The van der Waals surface area contributed by atoms with Crippen LogP contribution in [-0.2, 0) is 0 Å². The third kappa shape index (κ3) is 3.08. The summed E-state index contributed by atoms with van der Waals surface area (Å²) in [6, 6.07) is 4.24. The first-order valence-corrected chi connectivity index (χ1v) is 7.43. The summed E-state index contributed by atoms with van der Waals surface area (Å²) < 4.78 is 5.51. The molecule has 1 fully saturated rings. The van der Waals surface area contributed by atoms with Gasteiger partial charge in [0.05, 0.1) is 18.8 Å². The Morgan fingerprint density at radius 1 is 1.37 bits per heavy atom. The van der Waals surface area contributed by atoms with E-state index in [1.807, 2.05) is 18.3 Å². The second kappa shape index (κ2) is 6.38. The minimum Gasteiger partial charge on any atom is -0.495 e. The normalized spacial score (nSPS) is 19.9. The standard InChI is InChI=1S/C16H26N2O/c1-4-17-15(16(2)10-6-5-7-11-16)14-13(19-3)9-8-12-18-14/h8-9,12,15,17H,4-7,10-11H2,1-3H3. The fraction of sp³-hybridized carbons (Fsp3) is 0.688. The van der Waals surface area contributed by atoms with E-state index in [1.54, 1.807) is 7.11 Å². The highest BCUT2D eigenvalue weighted by Gasteiger charge is 2.38. The molecule has 1 aliphatic carbocycles. The van der Waals surface area contributed by atoms with Crippen molar-refractivity contribution in [1.82, 2.24) is 10.3 Å². The lowest BCUT2D eigenvalue weighted by Crippen LogP contribution is -2.38. The predicted molar refractivity (Wildman–Crippen MR) is 78.4 cm³/mol. The summed E-state index contributed by atoms with van der Waals surface area (Å²) in [5.74, 6) is 0.903. The van der Waals surface area contributed by atoms with Gasteiger partial charge in [-0.1, -0.05) is 33.1 Å². The van der Waals surface area contributed by atoms with Crippen LogP contribution in [0.5, 0.6) is 5.75 Å². The maximum atomic E-state index is 5.51. The summed E-state index contributed by atoms with van der Waals surface area (Å²) in [5, 5.41) is 3.64. The van der Waals surface area contributed by atoms with Crippen LogP contribution >= 0.6 is 0 Å². The average molecular weight is 262 g/mol. The number of nitrogens with one attached hydrogen (secondary N) is 1. The molecule has 3 nitrogen and oxygen atoms in total. The zero-order valence-electron chi connectivity index (χ0n) is 12.4. The van der Waals surface area contributed by atoms with Gasteiger partial charge in [0.2, 0.25) is 0 Å². The Labute approximate surface area is 116 Å². The zero-order chi connectivity index (χ0) is 13.7. The lowest BCUT2D eigenvalue weighted by molar-refractivity contribution is 0.141. The van der Waals surface area contributed by atoms with Crippen molar-refractivity contribution in [3.05, 3.63) is 24.0 Å². The molecule has 0 saturated heterocycles. The third-order valence-electron chi connectivity index (χ3n) is 4.39. The molecule has 0 amide bonds. The van der Waals surface area contributed by atoms with Crippen molar-refractivity contribution in [2.75, 3.05) is 13.7 Å². The number of pyridine rings is 1. The highest BCUT2D eigenvalue weighted by Crippen LogP contribution is 2.46. The van der Waals surface area contributed by atoms with Gasteiger partial charge in [-0.2, -0.15) is 0 Å². The van der Waals surface area contributed by atoms with Gasteiger partial charge in [-0.05, 0) is 36.9 Å². The quantitative estimate of drug-likeness (QED) is 0.878. The molecule has 1 N–H and O–H groups in total. The molecule has 0 aliphatic heterocycles. The van der Waals surface area contributed by atoms with E-state index in [0.29, 0.717) is 0 Å². The Morgan fingerprint density at radius 3 is 2.74 bits per heavy atom. The van der Waals surface area contributed by atoms with Crippen LogP contribution in [0.3, 0.4) is 0 Å². The second-order valence-corrected chi connectivity index (χ2v) is 5.80. The number of rotatable bonds is 5. The van der Waals surface area contributed by atoms with Crippen LogP contribution in [0.2, 0.25) is 0 Å². The summed E-state index contributed by atoms with van der Waals surface area (Å²) >= 11 is 0. The molecule has 2 rings (SSSR count). The van der Waals surface area contributed by atoms with Crippen molar-refractivity contribution >= 4 is 0 Å². The highest BCUT2D eigenvalue weighted by molar-refractivity contribution is 5.31. The van der Waals surface area contributed by atoms with Crippen molar-refractivity contribution in [2.45, 2.75) is 52.0 Å². The van der Waals surface area contributed by atoms with E-state index < -0.39 is 0 Å². The van der Waals surface area contributed by atoms with E-state index in [0.717, 1.165) is 18.0 Å². The molecule has 1 saturated carbocycles. The molecule has 1 aromatic heterocycles. The summed E-state index contributed by atoms with van der Waals surface area (Å²) in [5.41, 5.74) is 1.35. The Morgan fingerprint density at radius 2 is 2.11 bits per heavy atom. The van der Waals surface area contributed by atoms with Crippen molar-refractivity contribution in [2.24, 2.45) is 5.41 Å². The molecule has 1 atom stereocenters. The van der Waals surface area contributed by atoms with E-state index >= 15 is 0 Å². The van der Waals surface area contributed by atoms with Gasteiger partial charge in [-0.3, -0.25) is 4.98 Å². The van der Waals surface area contributed by atoms with Crippen LogP contribution in [0.25, 0.3) is 0 Å². The maximum Gasteiger partial charge on any atom is 0.142 e. The molecule has 1 heterocycles. The maximum absolute atomic E-state index is 5.51. The van der Waals surface area contributed by atoms with Crippen LogP contribution in [0.15, 0.2) is 18.3 Å². The smallest absolute Gasteiger partial charge is 0.142 e. The van der Waals surface area contributed by atoms with Gasteiger partial charge in [-0.25, -0.2) is 0 Å². The van der Waals surface area contributed by atoms with Crippen molar-refractivity contribution < 1.29 is 4.74 Å².